The molecule has 5 nitrogen and oxygen atoms in total. The zero-order chi connectivity index (χ0) is 13.5. The van der Waals surface area contributed by atoms with Crippen molar-refractivity contribution in [3.05, 3.63) is 33.6 Å². The molecule has 1 aliphatic rings. The van der Waals surface area contributed by atoms with Crippen LogP contribution in [-0.2, 0) is 10.3 Å². The summed E-state index contributed by atoms with van der Waals surface area (Å²) in [6.45, 7) is 1.01. The summed E-state index contributed by atoms with van der Waals surface area (Å²) in [4.78, 5) is 4.36. The third-order valence-electron chi connectivity index (χ3n) is 3.08. The Morgan fingerprint density at radius 3 is 2.95 bits per heavy atom. The number of nitrogens with two attached hydrogens (primary N) is 1. The molecule has 0 amide bonds. The fraction of sp³-hybridized carbons (Fsp3) is 0.333. The van der Waals surface area contributed by atoms with Crippen molar-refractivity contribution in [2.75, 3.05) is 13.2 Å². The zero-order valence-corrected chi connectivity index (χ0v) is 12.2. The molecule has 2 heterocycles. The van der Waals surface area contributed by atoms with Crippen molar-refractivity contribution >= 4 is 27.5 Å². The Balaban J connectivity index is 1.94. The molecule has 1 atom stereocenters. The van der Waals surface area contributed by atoms with Crippen LogP contribution < -0.4 is 5.73 Å². The topological polar surface area (TPSA) is 74.2 Å². The van der Waals surface area contributed by atoms with Gasteiger partial charge in [0.1, 0.15) is 5.54 Å². The number of ether oxygens (including phenoxy) is 1. The Bertz CT molecular complexity index is 611. The summed E-state index contributed by atoms with van der Waals surface area (Å²) in [6.07, 6.45) is 0.680. The van der Waals surface area contributed by atoms with Crippen LogP contribution in [0.15, 0.2) is 27.2 Å². The van der Waals surface area contributed by atoms with Gasteiger partial charge < -0.3 is 15.0 Å². The minimum Gasteiger partial charge on any atom is -0.379 e. The van der Waals surface area contributed by atoms with E-state index in [9.17, 15) is 0 Å². The molecule has 0 saturated carbocycles. The predicted molar refractivity (Wildman–Crippen MR) is 73.7 cm³/mol. The second kappa shape index (κ2) is 4.86. The highest BCUT2D eigenvalue weighted by Gasteiger charge is 2.38. The van der Waals surface area contributed by atoms with Gasteiger partial charge in [-0.25, -0.2) is 0 Å². The molecule has 2 N–H and O–H groups in total. The predicted octanol–water partition coefficient (Wildman–Crippen LogP) is 2.73. The van der Waals surface area contributed by atoms with Gasteiger partial charge in [-0.2, -0.15) is 4.98 Å². The fourth-order valence-corrected chi connectivity index (χ4v) is 2.42. The Morgan fingerprint density at radius 1 is 1.42 bits per heavy atom. The number of benzene rings is 1. The van der Waals surface area contributed by atoms with Crippen LogP contribution in [0.5, 0.6) is 0 Å². The van der Waals surface area contributed by atoms with Crippen molar-refractivity contribution in [1.29, 1.82) is 0 Å². The molecule has 0 aliphatic carbocycles. The Morgan fingerprint density at radius 2 is 2.26 bits per heavy atom. The van der Waals surface area contributed by atoms with E-state index >= 15 is 0 Å². The van der Waals surface area contributed by atoms with Gasteiger partial charge in [-0.05, 0) is 40.5 Å². The molecule has 0 radical (unpaired) electrons. The summed E-state index contributed by atoms with van der Waals surface area (Å²) in [5.41, 5.74) is 6.32. The molecule has 0 spiro atoms. The van der Waals surface area contributed by atoms with E-state index < -0.39 is 5.54 Å². The molecule has 100 valence electrons. The van der Waals surface area contributed by atoms with Crippen molar-refractivity contribution in [2.24, 2.45) is 5.73 Å². The lowest BCUT2D eigenvalue weighted by atomic mass is 10.0. The summed E-state index contributed by atoms with van der Waals surface area (Å²) >= 11 is 9.32. The van der Waals surface area contributed by atoms with Crippen LogP contribution in [0.1, 0.15) is 12.3 Å². The number of rotatable bonds is 2. The van der Waals surface area contributed by atoms with Gasteiger partial charge in [-0.1, -0.05) is 16.8 Å². The molecule has 1 aromatic carbocycles. The highest BCUT2D eigenvalue weighted by atomic mass is 79.9. The standard InChI is InChI=1S/C12H11BrClN3O2/c13-8-5-7(1-2-9(8)14)10-16-11(19-17-10)12(15)3-4-18-6-12/h1-2,5H,3-4,6,15H2. The average Bonchev–Trinajstić information content (AvgIpc) is 3.02. The summed E-state index contributed by atoms with van der Waals surface area (Å²) in [5.74, 6) is 0.898. The summed E-state index contributed by atoms with van der Waals surface area (Å²) in [6, 6.07) is 5.44. The van der Waals surface area contributed by atoms with Crippen molar-refractivity contribution < 1.29 is 9.26 Å². The minimum atomic E-state index is -0.672. The third kappa shape index (κ3) is 2.41. The second-order valence-electron chi connectivity index (χ2n) is 4.51. The van der Waals surface area contributed by atoms with Crippen molar-refractivity contribution in [1.82, 2.24) is 10.1 Å². The van der Waals surface area contributed by atoms with E-state index in [0.29, 0.717) is 36.4 Å². The van der Waals surface area contributed by atoms with Gasteiger partial charge in [0.2, 0.25) is 11.7 Å². The van der Waals surface area contributed by atoms with E-state index in [1.165, 1.54) is 0 Å². The molecule has 3 rings (SSSR count). The highest BCUT2D eigenvalue weighted by molar-refractivity contribution is 9.10. The number of hydrogen-bond donors (Lipinski definition) is 1. The minimum absolute atomic E-state index is 0.402. The van der Waals surface area contributed by atoms with Crippen LogP contribution in [0.4, 0.5) is 0 Å². The van der Waals surface area contributed by atoms with Gasteiger partial charge in [0, 0.05) is 16.6 Å². The molecule has 0 bridgehead atoms. The first-order valence-electron chi connectivity index (χ1n) is 5.75. The van der Waals surface area contributed by atoms with Gasteiger partial charge in [-0.15, -0.1) is 0 Å². The molecule has 1 saturated heterocycles. The smallest absolute Gasteiger partial charge is 0.249 e. The second-order valence-corrected chi connectivity index (χ2v) is 5.77. The molecule has 2 aromatic rings. The zero-order valence-electron chi connectivity index (χ0n) is 9.90. The summed E-state index contributed by atoms with van der Waals surface area (Å²) in [7, 11) is 0. The van der Waals surface area contributed by atoms with Crippen LogP contribution in [0.3, 0.4) is 0 Å². The van der Waals surface area contributed by atoms with E-state index in [4.69, 9.17) is 26.6 Å². The normalized spacial score (nSPS) is 22.9. The quantitative estimate of drug-likeness (QED) is 0.906. The SMILES string of the molecule is NC1(c2nc(-c3ccc(Cl)c(Br)c3)no2)CCOC1. The maximum atomic E-state index is 6.17. The largest absolute Gasteiger partial charge is 0.379 e. The third-order valence-corrected chi connectivity index (χ3v) is 4.30. The van der Waals surface area contributed by atoms with Gasteiger partial charge in [-0.3, -0.25) is 0 Å². The molecular formula is C12H11BrClN3O2. The maximum Gasteiger partial charge on any atom is 0.249 e. The van der Waals surface area contributed by atoms with E-state index in [2.05, 4.69) is 26.1 Å². The summed E-state index contributed by atoms with van der Waals surface area (Å²) in [5, 5.41) is 4.59. The van der Waals surface area contributed by atoms with Crippen LogP contribution in [0.2, 0.25) is 5.02 Å². The van der Waals surface area contributed by atoms with Crippen LogP contribution in [-0.4, -0.2) is 23.4 Å². The Kier molecular flexibility index (Phi) is 3.34. The Labute approximate surface area is 123 Å². The molecule has 1 aliphatic heterocycles. The van der Waals surface area contributed by atoms with Gasteiger partial charge in [0.25, 0.3) is 0 Å². The lowest BCUT2D eigenvalue weighted by Gasteiger charge is -2.14. The monoisotopic (exact) mass is 343 g/mol. The molecule has 19 heavy (non-hydrogen) atoms. The van der Waals surface area contributed by atoms with Gasteiger partial charge in [0.15, 0.2) is 0 Å². The average molecular weight is 345 g/mol. The Hall–Kier alpha value is -0.950. The van der Waals surface area contributed by atoms with Crippen LogP contribution in [0, 0.1) is 0 Å². The van der Waals surface area contributed by atoms with E-state index in [1.54, 1.807) is 6.07 Å². The number of nitrogens with zero attached hydrogens (tertiary/aromatic N) is 2. The molecule has 1 fully saturated rings. The lowest BCUT2D eigenvalue weighted by Crippen LogP contribution is -2.37. The number of aromatic nitrogens is 2. The van der Waals surface area contributed by atoms with Crippen LogP contribution >= 0.6 is 27.5 Å². The van der Waals surface area contributed by atoms with Crippen molar-refractivity contribution in [2.45, 2.75) is 12.0 Å². The first kappa shape index (κ1) is 13.1. The van der Waals surface area contributed by atoms with Gasteiger partial charge in [0.05, 0.1) is 11.6 Å². The first-order chi connectivity index (χ1) is 9.08. The summed E-state index contributed by atoms with van der Waals surface area (Å²) < 4.78 is 11.3. The number of hydrogen-bond acceptors (Lipinski definition) is 5. The molecular weight excluding hydrogens is 334 g/mol. The van der Waals surface area contributed by atoms with E-state index in [1.807, 2.05) is 12.1 Å². The molecule has 7 heteroatoms. The molecule has 1 unspecified atom stereocenters. The fourth-order valence-electron chi connectivity index (χ4n) is 1.93. The van der Waals surface area contributed by atoms with Crippen molar-refractivity contribution in [3.63, 3.8) is 0 Å². The number of halogens is 2. The van der Waals surface area contributed by atoms with E-state index in [0.717, 1.165) is 10.0 Å². The van der Waals surface area contributed by atoms with E-state index in [-0.39, 0.29) is 0 Å². The highest BCUT2D eigenvalue weighted by Crippen LogP contribution is 2.30. The van der Waals surface area contributed by atoms with Gasteiger partial charge >= 0.3 is 0 Å². The maximum absolute atomic E-state index is 6.17. The van der Waals surface area contributed by atoms with Crippen molar-refractivity contribution in [3.8, 4) is 11.4 Å². The molecule has 1 aromatic heterocycles. The van der Waals surface area contributed by atoms with Crippen LogP contribution in [0.25, 0.3) is 11.4 Å². The lowest BCUT2D eigenvalue weighted by molar-refractivity contribution is 0.166. The first-order valence-corrected chi connectivity index (χ1v) is 6.92.